The summed E-state index contributed by atoms with van der Waals surface area (Å²) in [6, 6.07) is 0. The van der Waals surface area contributed by atoms with Crippen LogP contribution < -0.4 is 5.73 Å². The lowest BCUT2D eigenvalue weighted by Crippen LogP contribution is -2.06. The zero-order valence-electron chi connectivity index (χ0n) is 7.51. The van der Waals surface area contributed by atoms with Crippen molar-refractivity contribution in [1.29, 1.82) is 0 Å². The fraction of sp³-hybridized carbons (Fsp3) is 1.00. The van der Waals surface area contributed by atoms with Crippen LogP contribution in [0.3, 0.4) is 0 Å². The molecule has 0 saturated carbocycles. The second-order valence-electron chi connectivity index (χ2n) is 2.67. The van der Waals surface area contributed by atoms with Gasteiger partial charge in [0.1, 0.15) is 0 Å². The molecule has 0 radical (unpaired) electrons. The Hall–Kier alpha value is 0.270. The van der Waals surface area contributed by atoms with Crippen LogP contribution in [0.1, 0.15) is 20.3 Å². The van der Waals surface area contributed by atoms with E-state index in [4.69, 9.17) is 10.5 Å². The topological polar surface area (TPSA) is 35.2 Å². The number of ether oxygens (including phenoxy) is 1. The van der Waals surface area contributed by atoms with Gasteiger partial charge in [0.15, 0.2) is 0 Å². The van der Waals surface area contributed by atoms with Crippen LogP contribution in [0, 0.1) is 0 Å². The van der Waals surface area contributed by atoms with E-state index in [0.29, 0.717) is 6.10 Å². The molecule has 0 bridgehead atoms. The molecule has 0 saturated heterocycles. The van der Waals surface area contributed by atoms with Crippen LogP contribution in [-0.2, 0) is 4.74 Å². The molecule has 0 aliphatic rings. The van der Waals surface area contributed by atoms with Crippen molar-refractivity contribution in [2.24, 2.45) is 5.73 Å². The molecular weight excluding hydrogens is 158 g/mol. The predicted octanol–water partition coefficient (Wildman–Crippen LogP) is 1.49. The zero-order chi connectivity index (χ0) is 8.53. The summed E-state index contributed by atoms with van der Waals surface area (Å²) in [5.41, 5.74) is 5.35. The van der Waals surface area contributed by atoms with Crippen LogP contribution in [0.5, 0.6) is 0 Å². The molecule has 2 N–H and O–H groups in total. The van der Waals surface area contributed by atoms with Crippen molar-refractivity contribution in [2.75, 3.05) is 24.7 Å². The maximum absolute atomic E-state index is 5.37. The van der Waals surface area contributed by atoms with Crippen LogP contribution in [-0.4, -0.2) is 30.8 Å². The fourth-order valence-corrected chi connectivity index (χ4v) is 1.42. The Labute approximate surface area is 73.9 Å². The normalized spacial score (nSPS) is 10.9. The van der Waals surface area contributed by atoms with Gasteiger partial charge >= 0.3 is 0 Å². The molecular formula is C8H19NOS. The Balaban J connectivity index is 2.80. The van der Waals surface area contributed by atoms with E-state index in [1.807, 2.05) is 11.8 Å². The van der Waals surface area contributed by atoms with Gasteiger partial charge in [-0.25, -0.2) is 0 Å². The lowest BCUT2D eigenvalue weighted by atomic mass is 10.5. The summed E-state index contributed by atoms with van der Waals surface area (Å²) < 4.78 is 5.37. The summed E-state index contributed by atoms with van der Waals surface area (Å²) in [5, 5.41) is 0. The molecule has 0 aliphatic carbocycles. The minimum Gasteiger partial charge on any atom is -0.378 e. The van der Waals surface area contributed by atoms with Crippen molar-refractivity contribution in [2.45, 2.75) is 26.4 Å². The molecule has 68 valence electrons. The molecule has 0 aliphatic heterocycles. The molecule has 0 spiro atoms. The van der Waals surface area contributed by atoms with Gasteiger partial charge in [-0.1, -0.05) is 0 Å². The monoisotopic (exact) mass is 177 g/mol. The molecule has 0 atom stereocenters. The van der Waals surface area contributed by atoms with Crippen molar-refractivity contribution >= 4 is 11.8 Å². The molecule has 0 rings (SSSR count). The molecule has 11 heavy (non-hydrogen) atoms. The summed E-state index contributed by atoms with van der Waals surface area (Å²) in [6.07, 6.45) is 1.48. The van der Waals surface area contributed by atoms with Crippen molar-refractivity contribution in [3.63, 3.8) is 0 Å². The largest absolute Gasteiger partial charge is 0.378 e. The molecule has 0 amide bonds. The van der Waals surface area contributed by atoms with E-state index >= 15 is 0 Å². The Morgan fingerprint density at radius 3 is 2.64 bits per heavy atom. The number of hydrogen-bond acceptors (Lipinski definition) is 3. The Kier molecular flexibility index (Phi) is 8.57. The first-order valence-electron chi connectivity index (χ1n) is 4.16. The highest BCUT2D eigenvalue weighted by Crippen LogP contribution is 2.01. The van der Waals surface area contributed by atoms with E-state index in [1.165, 1.54) is 0 Å². The minimum absolute atomic E-state index is 0.366. The van der Waals surface area contributed by atoms with Crippen molar-refractivity contribution in [3.8, 4) is 0 Å². The van der Waals surface area contributed by atoms with Crippen molar-refractivity contribution in [1.82, 2.24) is 0 Å². The molecule has 3 heteroatoms. The van der Waals surface area contributed by atoms with Gasteiger partial charge < -0.3 is 10.5 Å². The van der Waals surface area contributed by atoms with E-state index in [1.54, 1.807) is 0 Å². The van der Waals surface area contributed by atoms with E-state index in [9.17, 15) is 0 Å². The highest BCUT2D eigenvalue weighted by atomic mass is 32.2. The third-order valence-electron chi connectivity index (χ3n) is 1.17. The standard InChI is InChI=1S/C8H19NOS/c1-8(2)10-5-7-11-6-3-4-9/h8H,3-7,9H2,1-2H3. The minimum atomic E-state index is 0.366. The molecule has 0 aromatic carbocycles. The summed E-state index contributed by atoms with van der Waals surface area (Å²) in [5.74, 6) is 2.26. The zero-order valence-corrected chi connectivity index (χ0v) is 8.32. The summed E-state index contributed by atoms with van der Waals surface area (Å²) in [6.45, 7) is 5.79. The number of thioether (sulfide) groups is 1. The quantitative estimate of drug-likeness (QED) is 0.598. The Bertz CT molecular complexity index is 78.5. The molecule has 0 aromatic rings. The Morgan fingerprint density at radius 1 is 1.36 bits per heavy atom. The number of rotatable bonds is 7. The van der Waals surface area contributed by atoms with Crippen LogP contribution >= 0.6 is 11.8 Å². The van der Waals surface area contributed by atoms with Crippen LogP contribution in [0.15, 0.2) is 0 Å². The van der Waals surface area contributed by atoms with Gasteiger partial charge in [0, 0.05) is 5.75 Å². The van der Waals surface area contributed by atoms with Crippen LogP contribution in [0.4, 0.5) is 0 Å². The third-order valence-corrected chi connectivity index (χ3v) is 2.20. The molecule has 0 fully saturated rings. The van der Waals surface area contributed by atoms with Crippen LogP contribution in [0.25, 0.3) is 0 Å². The first-order valence-corrected chi connectivity index (χ1v) is 5.32. The molecule has 0 unspecified atom stereocenters. The van der Waals surface area contributed by atoms with Gasteiger partial charge in [-0.15, -0.1) is 0 Å². The van der Waals surface area contributed by atoms with E-state index < -0.39 is 0 Å². The second kappa shape index (κ2) is 8.37. The highest BCUT2D eigenvalue weighted by molar-refractivity contribution is 7.99. The van der Waals surface area contributed by atoms with Gasteiger partial charge in [-0.3, -0.25) is 0 Å². The fourth-order valence-electron chi connectivity index (χ4n) is 0.630. The number of nitrogens with two attached hydrogens (primary N) is 1. The van der Waals surface area contributed by atoms with Crippen molar-refractivity contribution in [3.05, 3.63) is 0 Å². The first-order chi connectivity index (χ1) is 5.27. The van der Waals surface area contributed by atoms with E-state index in [-0.39, 0.29) is 0 Å². The molecule has 2 nitrogen and oxygen atoms in total. The van der Waals surface area contributed by atoms with Gasteiger partial charge in [0.05, 0.1) is 12.7 Å². The smallest absolute Gasteiger partial charge is 0.0560 e. The van der Waals surface area contributed by atoms with E-state index in [2.05, 4.69) is 13.8 Å². The lowest BCUT2D eigenvalue weighted by molar-refractivity contribution is 0.0920. The highest BCUT2D eigenvalue weighted by Gasteiger charge is 1.92. The maximum atomic E-state index is 5.37. The predicted molar refractivity (Wildman–Crippen MR) is 52.1 cm³/mol. The molecule has 0 heterocycles. The molecule has 0 aromatic heterocycles. The van der Waals surface area contributed by atoms with Crippen molar-refractivity contribution < 1.29 is 4.74 Å². The Morgan fingerprint density at radius 2 is 2.09 bits per heavy atom. The van der Waals surface area contributed by atoms with Gasteiger partial charge in [-0.05, 0) is 32.6 Å². The summed E-state index contributed by atoms with van der Waals surface area (Å²) >= 11 is 1.91. The SMILES string of the molecule is CC(C)OCCSCCCN. The number of hydrogen-bond donors (Lipinski definition) is 1. The average molecular weight is 177 g/mol. The van der Waals surface area contributed by atoms with Gasteiger partial charge in [-0.2, -0.15) is 11.8 Å². The maximum Gasteiger partial charge on any atom is 0.0560 e. The summed E-state index contributed by atoms with van der Waals surface area (Å²) in [4.78, 5) is 0. The summed E-state index contributed by atoms with van der Waals surface area (Å²) in [7, 11) is 0. The van der Waals surface area contributed by atoms with Gasteiger partial charge in [0.25, 0.3) is 0 Å². The van der Waals surface area contributed by atoms with Crippen LogP contribution in [0.2, 0.25) is 0 Å². The first kappa shape index (κ1) is 11.3. The van der Waals surface area contributed by atoms with E-state index in [0.717, 1.165) is 31.1 Å². The lowest BCUT2D eigenvalue weighted by Gasteiger charge is -2.06. The average Bonchev–Trinajstić information content (AvgIpc) is 1.96. The second-order valence-corrected chi connectivity index (χ2v) is 3.90. The third kappa shape index (κ3) is 10.3. The van der Waals surface area contributed by atoms with Gasteiger partial charge in [0.2, 0.25) is 0 Å².